The summed E-state index contributed by atoms with van der Waals surface area (Å²) in [5.41, 5.74) is 4.87. The van der Waals surface area contributed by atoms with Crippen LogP contribution in [0.15, 0.2) is 94.4 Å². The summed E-state index contributed by atoms with van der Waals surface area (Å²) in [4.78, 5) is 12.4. The number of amides is 1. The van der Waals surface area contributed by atoms with Crippen molar-refractivity contribution < 1.29 is 18.7 Å². The van der Waals surface area contributed by atoms with Gasteiger partial charge in [0.05, 0.1) is 13.3 Å². The van der Waals surface area contributed by atoms with E-state index in [1.807, 2.05) is 30.3 Å². The molecule has 1 heterocycles. The van der Waals surface area contributed by atoms with E-state index in [-0.39, 0.29) is 5.76 Å². The number of nitrogens with zero attached hydrogens (tertiary/aromatic N) is 1. The maximum absolute atomic E-state index is 12.4. The number of hydrogen-bond donors (Lipinski definition) is 1. The molecule has 5 aromatic rings. The van der Waals surface area contributed by atoms with Crippen molar-refractivity contribution in [3.8, 4) is 11.5 Å². The minimum Gasteiger partial charge on any atom is -0.493 e. The summed E-state index contributed by atoms with van der Waals surface area (Å²) in [6.07, 6.45) is 1.52. The van der Waals surface area contributed by atoms with Crippen LogP contribution in [0.4, 0.5) is 0 Å². The third kappa shape index (κ3) is 4.98. The van der Waals surface area contributed by atoms with E-state index in [9.17, 15) is 4.79 Å². The van der Waals surface area contributed by atoms with Gasteiger partial charge in [-0.25, -0.2) is 5.43 Å². The molecule has 1 amide bonds. The summed E-state index contributed by atoms with van der Waals surface area (Å²) in [5, 5.41) is 7.67. The zero-order chi connectivity index (χ0) is 24.2. The Morgan fingerprint density at radius 1 is 0.971 bits per heavy atom. The van der Waals surface area contributed by atoms with Crippen LogP contribution in [0.3, 0.4) is 0 Å². The van der Waals surface area contributed by atoms with Gasteiger partial charge in [-0.05, 0) is 64.4 Å². The molecule has 0 aliphatic rings. The lowest BCUT2D eigenvalue weighted by Crippen LogP contribution is -2.16. The lowest BCUT2D eigenvalue weighted by atomic mass is 10.1. The average Bonchev–Trinajstić information content (AvgIpc) is 3.31. The van der Waals surface area contributed by atoms with Crippen molar-refractivity contribution in [2.45, 2.75) is 6.61 Å². The third-order valence-corrected chi connectivity index (χ3v) is 5.77. The Bertz CT molecular complexity index is 1550. The molecule has 0 aliphatic heterocycles. The number of rotatable bonds is 7. The van der Waals surface area contributed by atoms with E-state index in [1.165, 1.54) is 11.6 Å². The molecule has 1 N–H and O–H groups in total. The summed E-state index contributed by atoms with van der Waals surface area (Å²) in [5.74, 6) is 0.863. The molecule has 1 aromatic heterocycles. The Labute approximate surface area is 206 Å². The molecule has 174 valence electrons. The van der Waals surface area contributed by atoms with E-state index >= 15 is 0 Å². The predicted molar refractivity (Wildman–Crippen MR) is 138 cm³/mol. The van der Waals surface area contributed by atoms with Gasteiger partial charge in [-0.1, -0.05) is 54.1 Å². The van der Waals surface area contributed by atoms with Gasteiger partial charge in [0.25, 0.3) is 0 Å². The molecule has 0 bridgehead atoms. The predicted octanol–water partition coefficient (Wildman–Crippen LogP) is 6.59. The maximum Gasteiger partial charge on any atom is 0.307 e. The van der Waals surface area contributed by atoms with Crippen molar-refractivity contribution in [2.75, 3.05) is 7.11 Å². The SMILES string of the molecule is COc1cc(/C=N/NC(=O)c2cc3cc(Cl)ccc3o2)ccc1OCc1cccc2ccccc12. The van der Waals surface area contributed by atoms with Gasteiger partial charge in [0.15, 0.2) is 17.3 Å². The smallest absolute Gasteiger partial charge is 0.307 e. The van der Waals surface area contributed by atoms with Crippen molar-refractivity contribution in [3.63, 3.8) is 0 Å². The molecular formula is C28H21ClN2O4. The number of methoxy groups -OCH3 is 1. The lowest BCUT2D eigenvalue weighted by Gasteiger charge is -2.12. The van der Waals surface area contributed by atoms with Gasteiger partial charge in [0, 0.05) is 10.4 Å². The van der Waals surface area contributed by atoms with Crippen LogP contribution in [-0.2, 0) is 6.61 Å². The van der Waals surface area contributed by atoms with Crippen molar-refractivity contribution in [1.82, 2.24) is 5.43 Å². The summed E-state index contributed by atoms with van der Waals surface area (Å²) >= 11 is 5.98. The van der Waals surface area contributed by atoms with E-state index in [0.29, 0.717) is 28.7 Å². The first-order valence-corrected chi connectivity index (χ1v) is 11.3. The molecule has 0 spiro atoms. The second kappa shape index (κ2) is 9.91. The Kier molecular flexibility index (Phi) is 6.37. The Balaban J connectivity index is 1.25. The zero-order valence-corrected chi connectivity index (χ0v) is 19.6. The molecule has 7 heteroatoms. The molecule has 0 atom stereocenters. The molecule has 35 heavy (non-hydrogen) atoms. The van der Waals surface area contributed by atoms with Crippen LogP contribution in [0.25, 0.3) is 21.7 Å². The molecule has 0 radical (unpaired) electrons. The number of furan rings is 1. The molecule has 0 unspecified atom stereocenters. The van der Waals surface area contributed by atoms with Gasteiger partial charge in [0.2, 0.25) is 0 Å². The molecule has 6 nitrogen and oxygen atoms in total. The van der Waals surface area contributed by atoms with Crippen molar-refractivity contribution in [3.05, 3.63) is 107 Å². The molecule has 0 fully saturated rings. The summed E-state index contributed by atoms with van der Waals surface area (Å²) in [6, 6.07) is 26.6. The number of ether oxygens (including phenoxy) is 2. The molecule has 0 saturated carbocycles. The van der Waals surface area contributed by atoms with Crippen molar-refractivity contribution in [1.29, 1.82) is 0 Å². The van der Waals surface area contributed by atoms with Gasteiger partial charge in [-0.3, -0.25) is 4.79 Å². The van der Waals surface area contributed by atoms with Crippen molar-refractivity contribution in [2.24, 2.45) is 5.10 Å². The number of nitrogens with one attached hydrogen (secondary N) is 1. The van der Waals surface area contributed by atoms with E-state index in [0.717, 1.165) is 21.9 Å². The van der Waals surface area contributed by atoms with Crippen LogP contribution < -0.4 is 14.9 Å². The highest BCUT2D eigenvalue weighted by Crippen LogP contribution is 2.29. The first-order chi connectivity index (χ1) is 17.1. The number of benzene rings is 4. The van der Waals surface area contributed by atoms with Crippen molar-refractivity contribution >= 4 is 45.5 Å². The summed E-state index contributed by atoms with van der Waals surface area (Å²) in [7, 11) is 1.58. The van der Waals surface area contributed by atoms with Crippen LogP contribution in [-0.4, -0.2) is 19.2 Å². The van der Waals surface area contributed by atoms with E-state index in [2.05, 4.69) is 34.8 Å². The Morgan fingerprint density at radius 2 is 1.83 bits per heavy atom. The average molecular weight is 485 g/mol. The number of carbonyl (C=O) groups excluding carboxylic acids is 1. The molecule has 0 aliphatic carbocycles. The monoisotopic (exact) mass is 484 g/mol. The first kappa shape index (κ1) is 22.5. The molecule has 5 rings (SSSR count). The van der Waals surface area contributed by atoms with Crippen LogP contribution >= 0.6 is 11.6 Å². The van der Waals surface area contributed by atoms with E-state index in [4.69, 9.17) is 25.5 Å². The van der Waals surface area contributed by atoms with Crippen LogP contribution in [0.5, 0.6) is 11.5 Å². The second-order valence-electron chi connectivity index (χ2n) is 7.83. The van der Waals surface area contributed by atoms with Gasteiger partial charge in [-0.15, -0.1) is 0 Å². The highest BCUT2D eigenvalue weighted by atomic mass is 35.5. The van der Waals surface area contributed by atoms with E-state index < -0.39 is 5.91 Å². The fourth-order valence-electron chi connectivity index (χ4n) is 3.80. The van der Waals surface area contributed by atoms with E-state index in [1.54, 1.807) is 37.4 Å². The minimum atomic E-state index is -0.462. The number of halogens is 1. The number of hydrazone groups is 1. The largest absolute Gasteiger partial charge is 0.493 e. The number of hydrogen-bond acceptors (Lipinski definition) is 5. The molecule has 4 aromatic carbocycles. The van der Waals surface area contributed by atoms with Gasteiger partial charge < -0.3 is 13.9 Å². The fraction of sp³-hybridized carbons (Fsp3) is 0.0714. The zero-order valence-electron chi connectivity index (χ0n) is 18.8. The number of carbonyl (C=O) groups is 1. The van der Waals surface area contributed by atoms with Gasteiger partial charge >= 0.3 is 5.91 Å². The molecular weight excluding hydrogens is 464 g/mol. The maximum atomic E-state index is 12.4. The minimum absolute atomic E-state index is 0.147. The first-order valence-electron chi connectivity index (χ1n) is 10.9. The van der Waals surface area contributed by atoms with Crippen LogP contribution in [0.1, 0.15) is 21.7 Å². The second-order valence-corrected chi connectivity index (χ2v) is 8.27. The highest BCUT2D eigenvalue weighted by molar-refractivity contribution is 6.31. The van der Waals surface area contributed by atoms with Crippen LogP contribution in [0.2, 0.25) is 5.02 Å². The van der Waals surface area contributed by atoms with Gasteiger partial charge in [0.1, 0.15) is 12.2 Å². The standard InChI is InChI=1S/C28H21ClN2O4/c1-33-26-13-18(16-30-31-28(32)27-15-21-14-22(29)10-12-24(21)35-27)9-11-25(26)34-17-20-7-4-6-19-5-2-3-8-23(19)20/h2-16H,17H2,1H3,(H,31,32)/b30-16+. The Morgan fingerprint density at radius 3 is 2.71 bits per heavy atom. The highest BCUT2D eigenvalue weighted by Gasteiger charge is 2.12. The summed E-state index contributed by atoms with van der Waals surface area (Å²) < 4.78 is 17.1. The van der Waals surface area contributed by atoms with Crippen LogP contribution in [0, 0.1) is 0 Å². The third-order valence-electron chi connectivity index (χ3n) is 5.53. The normalized spacial score (nSPS) is 11.3. The quantitative estimate of drug-likeness (QED) is 0.209. The summed E-state index contributed by atoms with van der Waals surface area (Å²) in [6.45, 7) is 0.407. The van der Waals surface area contributed by atoms with Gasteiger partial charge in [-0.2, -0.15) is 5.10 Å². The Hall–Kier alpha value is -4.29. The fourth-order valence-corrected chi connectivity index (χ4v) is 3.98. The topological polar surface area (TPSA) is 73.1 Å². The lowest BCUT2D eigenvalue weighted by molar-refractivity contribution is 0.0929. The molecule has 0 saturated heterocycles. The number of fused-ring (bicyclic) bond motifs is 2.